The quantitative estimate of drug-likeness (QED) is 0.864. The minimum absolute atomic E-state index is 0.247. The van der Waals surface area contributed by atoms with Gasteiger partial charge < -0.3 is 5.73 Å². The maximum Gasteiger partial charge on any atom is 0.239 e. The van der Waals surface area contributed by atoms with Crippen LogP contribution in [-0.2, 0) is 4.79 Å². The highest BCUT2D eigenvalue weighted by Crippen LogP contribution is 2.24. The number of nitrogens with two attached hydrogens (primary N) is 1. The maximum atomic E-state index is 11.8. The molecule has 0 aromatic heterocycles. The van der Waals surface area contributed by atoms with E-state index in [1.54, 1.807) is 0 Å². The molecule has 1 amide bonds. The summed E-state index contributed by atoms with van der Waals surface area (Å²) >= 11 is 0. The van der Waals surface area contributed by atoms with Crippen LogP contribution in [0.15, 0.2) is 42.5 Å². The maximum absolute atomic E-state index is 11.8. The van der Waals surface area contributed by atoms with Crippen molar-refractivity contribution in [2.24, 2.45) is 5.73 Å². The van der Waals surface area contributed by atoms with Crippen LogP contribution < -0.4 is 11.1 Å². The van der Waals surface area contributed by atoms with E-state index in [4.69, 9.17) is 5.73 Å². The summed E-state index contributed by atoms with van der Waals surface area (Å²) in [6.07, 6.45) is 0.953. The van der Waals surface area contributed by atoms with E-state index in [0.29, 0.717) is 0 Å². The first kappa shape index (κ1) is 13.6. The van der Waals surface area contributed by atoms with Gasteiger partial charge in [-0.2, -0.15) is 0 Å². The number of hydrogen-bond donors (Lipinski definition) is 2. The summed E-state index contributed by atoms with van der Waals surface area (Å²) in [4.78, 5) is 11.8. The van der Waals surface area contributed by atoms with Crippen LogP contribution in [0.1, 0.15) is 31.9 Å². The Morgan fingerprint density at radius 2 is 1.89 bits per heavy atom. The molecule has 2 atom stereocenters. The van der Waals surface area contributed by atoms with Crippen molar-refractivity contribution in [3.8, 4) is 0 Å². The Morgan fingerprint density at radius 1 is 1.21 bits per heavy atom. The molecule has 0 saturated heterocycles. The van der Waals surface area contributed by atoms with Crippen molar-refractivity contribution in [2.45, 2.75) is 32.4 Å². The Morgan fingerprint density at radius 3 is 2.58 bits per heavy atom. The lowest BCUT2D eigenvalue weighted by Gasteiger charge is -2.21. The average molecular weight is 256 g/mol. The van der Waals surface area contributed by atoms with Gasteiger partial charge in [0.1, 0.15) is 6.04 Å². The number of amides is 1. The molecule has 2 rings (SSSR count). The van der Waals surface area contributed by atoms with Gasteiger partial charge in [-0.05, 0) is 29.7 Å². The number of rotatable bonds is 5. The molecule has 19 heavy (non-hydrogen) atoms. The molecule has 2 aromatic rings. The molecule has 0 aliphatic heterocycles. The third kappa shape index (κ3) is 2.93. The Labute approximate surface area is 113 Å². The lowest BCUT2D eigenvalue weighted by Crippen LogP contribution is -2.38. The zero-order valence-corrected chi connectivity index (χ0v) is 11.4. The number of fused-ring (bicyclic) bond motifs is 1. The van der Waals surface area contributed by atoms with Gasteiger partial charge in [-0.15, -0.1) is 0 Å². The summed E-state index contributed by atoms with van der Waals surface area (Å²) in [6, 6.07) is 13.8. The highest BCUT2D eigenvalue weighted by atomic mass is 16.1. The fourth-order valence-corrected chi connectivity index (χ4v) is 2.23. The number of nitrogens with one attached hydrogen (secondary N) is 1. The minimum Gasteiger partial charge on any atom is -0.368 e. The van der Waals surface area contributed by atoms with Crippen molar-refractivity contribution in [3.63, 3.8) is 0 Å². The number of hydrogen-bond acceptors (Lipinski definition) is 2. The smallest absolute Gasteiger partial charge is 0.239 e. The summed E-state index contributed by atoms with van der Waals surface area (Å²) in [6.45, 7) is 4.14. The van der Waals surface area contributed by atoms with Crippen molar-refractivity contribution < 1.29 is 4.79 Å². The van der Waals surface area contributed by atoms with Crippen LogP contribution in [-0.4, -0.2) is 11.9 Å². The molecule has 0 heterocycles. The van der Waals surface area contributed by atoms with Crippen molar-refractivity contribution in [3.05, 3.63) is 48.0 Å². The molecule has 2 aromatic carbocycles. The van der Waals surface area contributed by atoms with Crippen molar-refractivity contribution in [1.82, 2.24) is 5.32 Å². The fraction of sp³-hybridized carbons (Fsp3) is 0.312. The normalized spacial score (nSPS) is 14.2. The number of benzene rings is 2. The first-order chi connectivity index (χ1) is 9.13. The Hall–Kier alpha value is -1.87. The van der Waals surface area contributed by atoms with Crippen LogP contribution in [0.3, 0.4) is 0 Å². The van der Waals surface area contributed by atoms with Crippen molar-refractivity contribution >= 4 is 16.7 Å². The van der Waals surface area contributed by atoms with Gasteiger partial charge in [-0.25, -0.2) is 0 Å². The second kappa shape index (κ2) is 5.85. The number of carbonyl (C=O) groups excluding carboxylic acids is 1. The second-order valence-electron chi connectivity index (χ2n) is 4.88. The van der Waals surface area contributed by atoms with Crippen LogP contribution in [0.25, 0.3) is 10.8 Å². The summed E-state index contributed by atoms with van der Waals surface area (Å²) in [5.74, 6) is -0.336. The van der Waals surface area contributed by atoms with Crippen molar-refractivity contribution in [1.29, 1.82) is 0 Å². The van der Waals surface area contributed by atoms with E-state index in [0.717, 1.165) is 22.8 Å². The van der Waals surface area contributed by atoms with Gasteiger partial charge in [0, 0.05) is 6.04 Å². The predicted molar refractivity (Wildman–Crippen MR) is 78.8 cm³/mol. The van der Waals surface area contributed by atoms with E-state index >= 15 is 0 Å². The SMILES string of the molecule is CCC(C)NC(C(N)=O)c1cccc2ccccc12. The highest BCUT2D eigenvalue weighted by Gasteiger charge is 2.20. The molecular weight excluding hydrogens is 236 g/mol. The molecule has 0 saturated carbocycles. The van der Waals surface area contributed by atoms with Crippen LogP contribution >= 0.6 is 0 Å². The van der Waals surface area contributed by atoms with E-state index in [2.05, 4.69) is 19.2 Å². The van der Waals surface area contributed by atoms with Gasteiger partial charge >= 0.3 is 0 Å². The van der Waals surface area contributed by atoms with E-state index in [9.17, 15) is 4.79 Å². The molecule has 0 radical (unpaired) electrons. The fourth-order valence-electron chi connectivity index (χ4n) is 2.23. The van der Waals surface area contributed by atoms with Gasteiger partial charge in [0.25, 0.3) is 0 Å². The predicted octanol–water partition coefficient (Wildman–Crippen LogP) is 2.75. The molecule has 3 nitrogen and oxygen atoms in total. The first-order valence-corrected chi connectivity index (χ1v) is 6.66. The highest BCUT2D eigenvalue weighted by molar-refractivity contribution is 5.92. The lowest BCUT2D eigenvalue weighted by atomic mass is 9.97. The first-order valence-electron chi connectivity index (χ1n) is 6.66. The average Bonchev–Trinajstić information content (AvgIpc) is 2.43. The Kier molecular flexibility index (Phi) is 4.17. The topological polar surface area (TPSA) is 55.1 Å². The minimum atomic E-state index is -0.443. The zero-order valence-electron chi connectivity index (χ0n) is 11.4. The standard InChI is InChI=1S/C16H20N2O/c1-3-11(2)18-15(16(17)19)14-10-6-8-12-7-4-5-9-13(12)14/h4-11,15,18H,3H2,1-2H3,(H2,17,19). The molecule has 3 N–H and O–H groups in total. The van der Waals surface area contributed by atoms with Gasteiger partial charge in [-0.1, -0.05) is 49.4 Å². The molecule has 0 aliphatic rings. The summed E-state index contributed by atoms with van der Waals surface area (Å²) in [5, 5.41) is 5.50. The summed E-state index contributed by atoms with van der Waals surface area (Å²) < 4.78 is 0. The lowest BCUT2D eigenvalue weighted by molar-refractivity contribution is -0.120. The van der Waals surface area contributed by atoms with Gasteiger partial charge in [-0.3, -0.25) is 10.1 Å². The summed E-state index contributed by atoms with van der Waals surface area (Å²) in [5.41, 5.74) is 6.51. The molecule has 100 valence electrons. The van der Waals surface area contributed by atoms with Gasteiger partial charge in [0.15, 0.2) is 0 Å². The number of carbonyl (C=O) groups is 1. The molecule has 0 aliphatic carbocycles. The Bertz CT molecular complexity index is 574. The summed E-state index contributed by atoms with van der Waals surface area (Å²) in [7, 11) is 0. The van der Waals surface area contributed by atoms with E-state index < -0.39 is 6.04 Å². The van der Waals surface area contributed by atoms with Crippen LogP contribution in [0.2, 0.25) is 0 Å². The van der Waals surface area contributed by atoms with E-state index in [-0.39, 0.29) is 11.9 Å². The number of primary amides is 1. The third-order valence-corrected chi connectivity index (χ3v) is 3.48. The van der Waals surface area contributed by atoms with Crippen molar-refractivity contribution in [2.75, 3.05) is 0 Å². The zero-order chi connectivity index (χ0) is 13.8. The second-order valence-corrected chi connectivity index (χ2v) is 4.88. The third-order valence-electron chi connectivity index (χ3n) is 3.48. The van der Waals surface area contributed by atoms with Gasteiger partial charge in [0.05, 0.1) is 0 Å². The van der Waals surface area contributed by atoms with Crippen LogP contribution in [0.5, 0.6) is 0 Å². The molecule has 0 bridgehead atoms. The monoisotopic (exact) mass is 256 g/mol. The van der Waals surface area contributed by atoms with Gasteiger partial charge in [0.2, 0.25) is 5.91 Å². The molecule has 2 unspecified atom stereocenters. The molecule has 3 heteroatoms. The van der Waals surface area contributed by atoms with Crippen LogP contribution in [0.4, 0.5) is 0 Å². The molecule has 0 fully saturated rings. The van der Waals surface area contributed by atoms with Crippen LogP contribution in [0, 0.1) is 0 Å². The molecule has 0 spiro atoms. The van der Waals surface area contributed by atoms with E-state index in [1.165, 1.54) is 0 Å². The van der Waals surface area contributed by atoms with E-state index in [1.807, 2.05) is 42.5 Å². The largest absolute Gasteiger partial charge is 0.368 e. The Balaban J connectivity index is 2.47. The molecular formula is C16H20N2O.